The molecule has 38 heavy (non-hydrogen) atoms. The number of benzene rings is 3. The van der Waals surface area contributed by atoms with Crippen LogP contribution in [0.25, 0.3) is 0 Å². The van der Waals surface area contributed by atoms with Gasteiger partial charge in [-0.25, -0.2) is 8.42 Å². The molecular formula is C29H35N3O4S2. The minimum Gasteiger partial charge on any atom is -0.355 e. The van der Waals surface area contributed by atoms with Crippen molar-refractivity contribution >= 4 is 39.3 Å². The maximum atomic E-state index is 13.9. The van der Waals surface area contributed by atoms with Gasteiger partial charge in [-0.1, -0.05) is 55.0 Å². The highest BCUT2D eigenvalue weighted by Gasteiger charge is 2.33. The molecule has 3 rings (SSSR count). The number of hydrogen-bond donors (Lipinski definition) is 1. The molecule has 0 fully saturated rings. The molecular weight excluding hydrogens is 518 g/mol. The average Bonchev–Trinajstić information content (AvgIpc) is 2.92. The Kier molecular flexibility index (Phi) is 10.4. The lowest BCUT2D eigenvalue weighted by molar-refractivity contribution is -0.140. The molecule has 0 aromatic heterocycles. The Morgan fingerprint density at radius 1 is 0.921 bits per heavy atom. The molecule has 202 valence electrons. The molecule has 0 aliphatic carbocycles. The second-order valence-electron chi connectivity index (χ2n) is 8.85. The van der Waals surface area contributed by atoms with Gasteiger partial charge in [-0.3, -0.25) is 13.9 Å². The fourth-order valence-corrected chi connectivity index (χ4v) is 5.93. The summed E-state index contributed by atoms with van der Waals surface area (Å²) in [5.74, 6) is -0.728. The summed E-state index contributed by atoms with van der Waals surface area (Å²) in [6, 6.07) is 22.2. The number of sulfonamides is 1. The Balaban J connectivity index is 2.04. The van der Waals surface area contributed by atoms with Gasteiger partial charge in [0, 0.05) is 18.0 Å². The Labute approximate surface area is 230 Å². The van der Waals surface area contributed by atoms with Crippen LogP contribution in [0.15, 0.2) is 88.7 Å². The zero-order valence-electron chi connectivity index (χ0n) is 22.3. The number of thioether (sulfide) groups is 1. The Morgan fingerprint density at radius 2 is 1.55 bits per heavy atom. The van der Waals surface area contributed by atoms with Crippen LogP contribution in [0.5, 0.6) is 0 Å². The van der Waals surface area contributed by atoms with E-state index < -0.39 is 28.5 Å². The standard InChI is InChI=1S/C29H35N3O4S2/c1-5-27(29(34)30-6-2)31(20-23-10-8-7-9-11-23)28(33)21-32(24-14-12-22(3)13-15-24)38(35,36)26-18-16-25(37-4)17-19-26/h7-19,27H,5-6,20-21H2,1-4H3,(H,30,34)/t27-/m1/s1. The zero-order chi connectivity index (χ0) is 27.7. The summed E-state index contributed by atoms with van der Waals surface area (Å²) in [5, 5.41) is 2.81. The van der Waals surface area contributed by atoms with Gasteiger partial charge in [-0.15, -0.1) is 11.8 Å². The molecule has 3 aromatic rings. The lowest BCUT2D eigenvalue weighted by Crippen LogP contribution is -2.52. The molecule has 1 N–H and O–H groups in total. The van der Waals surface area contributed by atoms with Crippen LogP contribution in [0.2, 0.25) is 0 Å². The number of carbonyl (C=O) groups excluding carboxylic acids is 2. The van der Waals surface area contributed by atoms with E-state index in [1.165, 1.54) is 16.7 Å². The van der Waals surface area contributed by atoms with Crippen molar-refractivity contribution < 1.29 is 18.0 Å². The molecule has 0 radical (unpaired) electrons. The minimum absolute atomic E-state index is 0.0917. The van der Waals surface area contributed by atoms with E-state index in [1.807, 2.05) is 69.5 Å². The molecule has 7 nitrogen and oxygen atoms in total. The van der Waals surface area contributed by atoms with E-state index in [9.17, 15) is 18.0 Å². The molecule has 9 heteroatoms. The molecule has 0 aliphatic heterocycles. The second kappa shape index (κ2) is 13.5. The first kappa shape index (κ1) is 29.3. The summed E-state index contributed by atoms with van der Waals surface area (Å²) in [4.78, 5) is 29.4. The number of likely N-dealkylation sites (N-methyl/N-ethyl adjacent to an activating group) is 1. The van der Waals surface area contributed by atoms with E-state index in [2.05, 4.69) is 5.32 Å². The van der Waals surface area contributed by atoms with Crippen LogP contribution < -0.4 is 9.62 Å². The van der Waals surface area contributed by atoms with Crippen molar-refractivity contribution in [1.29, 1.82) is 0 Å². The average molecular weight is 554 g/mol. The smallest absolute Gasteiger partial charge is 0.264 e. The van der Waals surface area contributed by atoms with Gasteiger partial charge in [0.05, 0.1) is 10.6 Å². The van der Waals surface area contributed by atoms with Gasteiger partial charge in [-0.2, -0.15) is 0 Å². The highest BCUT2D eigenvalue weighted by Crippen LogP contribution is 2.26. The van der Waals surface area contributed by atoms with Crippen molar-refractivity contribution in [1.82, 2.24) is 10.2 Å². The quantitative estimate of drug-likeness (QED) is 0.324. The fourth-order valence-electron chi connectivity index (χ4n) is 4.11. The summed E-state index contributed by atoms with van der Waals surface area (Å²) >= 11 is 1.52. The van der Waals surface area contributed by atoms with Crippen LogP contribution in [0.1, 0.15) is 31.4 Å². The molecule has 0 saturated heterocycles. The summed E-state index contributed by atoms with van der Waals surface area (Å²) in [5.41, 5.74) is 2.19. The highest BCUT2D eigenvalue weighted by atomic mass is 32.2. The third-order valence-electron chi connectivity index (χ3n) is 6.18. The first-order valence-corrected chi connectivity index (χ1v) is 15.2. The third kappa shape index (κ3) is 7.17. The number of nitrogens with zero attached hydrogens (tertiary/aromatic N) is 2. The van der Waals surface area contributed by atoms with Gasteiger partial charge in [0.2, 0.25) is 11.8 Å². The first-order chi connectivity index (χ1) is 18.2. The Hall–Kier alpha value is -3.30. The van der Waals surface area contributed by atoms with Gasteiger partial charge in [0.1, 0.15) is 12.6 Å². The number of aryl methyl sites for hydroxylation is 1. The van der Waals surface area contributed by atoms with E-state index in [0.717, 1.165) is 20.3 Å². The molecule has 1 atom stereocenters. The predicted octanol–water partition coefficient (Wildman–Crippen LogP) is 4.86. The Bertz CT molecular complexity index is 1310. The van der Waals surface area contributed by atoms with Gasteiger partial charge in [0.25, 0.3) is 10.0 Å². The Morgan fingerprint density at radius 3 is 2.11 bits per heavy atom. The molecule has 0 bridgehead atoms. The molecule has 0 unspecified atom stereocenters. The van der Waals surface area contributed by atoms with Crippen molar-refractivity contribution in [2.75, 3.05) is 23.7 Å². The van der Waals surface area contributed by atoms with Crippen LogP contribution in [0.4, 0.5) is 5.69 Å². The molecule has 0 spiro atoms. The van der Waals surface area contributed by atoms with Crippen LogP contribution in [0, 0.1) is 6.92 Å². The lowest BCUT2D eigenvalue weighted by atomic mass is 10.1. The van der Waals surface area contributed by atoms with E-state index in [-0.39, 0.29) is 17.3 Å². The topological polar surface area (TPSA) is 86.8 Å². The maximum Gasteiger partial charge on any atom is 0.264 e. The van der Waals surface area contributed by atoms with Crippen LogP contribution in [0.3, 0.4) is 0 Å². The van der Waals surface area contributed by atoms with Gasteiger partial charge in [0.15, 0.2) is 0 Å². The van der Waals surface area contributed by atoms with Crippen LogP contribution in [-0.2, 0) is 26.2 Å². The van der Waals surface area contributed by atoms with E-state index in [1.54, 1.807) is 36.4 Å². The zero-order valence-corrected chi connectivity index (χ0v) is 23.9. The van der Waals surface area contributed by atoms with Crippen LogP contribution >= 0.6 is 11.8 Å². The largest absolute Gasteiger partial charge is 0.355 e. The van der Waals surface area contributed by atoms with E-state index >= 15 is 0 Å². The number of carbonyl (C=O) groups is 2. The SMILES string of the molecule is CCNC(=O)[C@@H](CC)N(Cc1ccccc1)C(=O)CN(c1ccc(C)cc1)S(=O)(=O)c1ccc(SC)cc1. The van der Waals surface area contributed by atoms with Crippen molar-refractivity contribution in [3.63, 3.8) is 0 Å². The molecule has 3 aromatic carbocycles. The first-order valence-electron chi connectivity index (χ1n) is 12.6. The summed E-state index contributed by atoms with van der Waals surface area (Å²) in [6.45, 7) is 5.74. The second-order valence-corrected chi connectivity index (χ2v) is 11.6. The van der Waals surface area contributed by atoms with Crippen LogP contribution in [-0.4, -0.2) is 50.5 Å². The number of amides is 2. The third-order valence-corrected chi connectivity index (χ3v) is 8.71. The van der Waals surface area contributed by atoms with E-state index in [0.29, 0.717) is 18.7 Å². The van der Waals surface area contributed by atoms with Gasteiger partial charge >= 0.3 is 0 Å². The monoisotopic (exact) mass is 553 g/mol. The lowest BCUT2D eigenvalue weighted by Gasteiger charge is -2.33. The number of rotatable bonds is 12. The van der Waals surface area contributed by atoms with E-state index in [4.69, 9.17) is 0 Å². The van der Waals surface area contributed by atoms with Crippen molar-refractivity contribution in [3.05, 3.63) is 90.0 Å². The molecule has 0 aliphatic rings. The fraction of sp³-hybridized carbons (Fsp3) is 0.310. The number of anilines is 1. The van der Waals surface area contributed by atoms with Gasteiger partial charge < -0.3 is 10.2 Å². The van der Waals surface area contributed by atoms with Gasteiger partial charge in [-0.05, 0) is 68.5 Å². The van der Waals surface area contributed by atoms with Crippen molar-refractivity contribution in [2.45, 2.75) is 49.6 Å². The normalized spacial score (nSPS) is 12.0. The summed E-state index contributed by atoms with van der Waals surface area (Å²) in [7, 11) is -4.08. The summed E-state index contributed by atoms with van der Waals surface area (Å²) < 4.78 is 28.9. The summed E-state index contributed by atoms with van der Waals surface area (Å²) in [6.07, 6.45) is 2.30. The molecule has 2 amide bonds. The molecule has 0 saturated carbocycles. The van der Waals surface area contributed by atoms with Crippen molar-refractivity contribution in [2.24, 2.45) is 0 Å². The maximum absolute atomic E-state index is 13.9. The minimum atomic E-state index is -4.08. The number of nitrogens with one attached hydrogen (secondary N) is 1. The number of hydrogen-bond acceptors (Lipinski definition) is 5. The predicted molar refractivity (Wildman–Crippen MR) is 154 cm³/mol. The highest BCUT2D eigenvalue weighted by molar-refractivity contribution is 7.98. The molecule has 0 heterocycles. The van der Waals surface area contributed by atoms with Crippen molar-refractivity contribution in [3.8, 4) is 0 Å².